The van der Waals surface area contributed by atoms with E-state index in [4.69, 9.17) is 5.73 Å². The van der Waals surface area contributed by atoms with E-state index >= 15 is 0 Å². The lowest BCUT2D eigenvalue weighted by molar-refractivity contribution is 0.569. The van der Waals surface area contributed by atoms with Crippen LogP contribution in [0.1, 0.15) is 0 Å². The second kappa shape index (κ2) is 4.61. The molecule has 0 unspecified atom stereocenters. The standard InChI is InChI=1S/C11H11BrFN3O2S/c1-16-11(14)7(5-15-16)6-3-8(12)10(9(13)4-6)19(2,17)18/h3-5H,14H2,1-2H3. The predicted octanol–water partition coefficient (Wildman–Crippen LogP) is 1.97. The number of anilines is 1. The highest BCUT2D eigenvalue weighted by Crippen LogP contribution is 2.33. The molecule has 0 spiro atoms. The summed E-state index contributed by atoms with van der Waals surface area (Å²) in [5.41, 5.74) is 6.81. The average molecular weight is 348 g/mol. The van der Waals surface area contributed by atoms with Crippen LogP contribution in [0, 0.1) is 5.82 Å². The van der Waals surface area contributed by atoms with Gasteiger partial charge >= 0.3 is 0 Å². The molecule has 2 rings (SSSR count). The topological polar surface area (TPSA) is 78.0 Å². The van der Waals surface area contributed by atoms with Gasteiger partial charge in [0.25, 0.3) is 0 Å². The molecule has 0 fully saturated rings. The lowest BCUT2D eigenvalue weighted by atomic mass is 10.1. The summed E-state index contributed by atoms with van der Waals surface area (Å²) in [6, 6.07) is 2.64. The second-order valence-corrected chi connectivity index (χ2v) is 6.92. The Labute approximate surface area is 118 Å². The Morgan fingerprint density at radius 2 is 2.05 bits per heavy atom. The zero-order valence-electron chi connectivity index (χ0n) is 10.2. The molecule has 2 aromatic rings. The minimum atomic E-state index is -3.64. The molecule has 1 heterocycles. The molecule has 8 heteroatoms. The first kappa shape index (κ1) is 14.0. The first-order valence-electron chi connectivity index (χ1n) is 5.18. The van der Waals surface area contributed by atoms with Gasteiger partial charge in [-0.3, -0.25) is 4.68 Å². The van der Waals surface area contributed by atoms with Crippen molar-refractivity contribution in [3.8, 4) is 11.1 Å². The summed E-state index contributed by atoms with van der Waals surface area (Å²) in [5.74, 6) is -0.450. The number of aromatic nitrogens is 2. The molecule has 0 saturated carbocycles. The molecule has 0 amide bonds. The van der Waals surface area contributed by atoms with Crippen LogP contribution in [0.2, 0.25) is 0 Å². The van der Waals surface area contributed by atoms with Gasteiger partial charge in [0, 0.05) is 23.3 Å². The minimum Gasteiger partial charge on any atom is -0.383 e. The van der Waals surface area contributed by atoms with Gasteiger partial charge in [0.2, 0.25) is 0 Å². The number of nitrogen functional groups attached to an aromatic ring is 1. The summed E-state index contributed by atoms with van der Waals surface area (Å²) < 4.78 is 38.5. The van der Waals surface area contributed by atoms with Crippen LogP contribution in [-0.4, -0.2) is 24.5 Å². The van der Waals surface area contributed by atoms with Gasteiger partial charge in [0.05, 0.1) is 6.20 Å². The first-order chi connectivity index (χ1) is 8.71. The van der Waals surface area contributed by atoms with Gasteiger partial charge in [-0.15, -0.1) is 0 Å². The largest absolute Gasteiger partial charge is 0.383 e. The molecule has 0 aliphatic heterocycles. The van der Waals surface area contributed by atoms with Gasteiger partial charge in [-0.2, -0.15) is 5.10 Å². The van der Waals surface area contributed by atoms with E-state index in [1.54, 1.807) is 7.05 Å². The van der Waals surface area contributed by atoms with Crippen molar-refractivity contribution in [1.29, 1.82) is 0 Å². The fraction of sp³-hybridized carbons (Fsp3) is 0.182. The molecular weight excluding hydrogens is 337 g/mol. The number of nitrogens with zero attached hydrogens (tertiary/aromatic N) is 2. The summed E-state index contributed by atoms with van der Waals surface area (Å²) in [6.07, 6.45) is 2.45. The number of hydrogen-bond acceptors (Lipinski definition) is 4. The molecule has 1 aromatic carbocycles. The molecule has 0 aliphatic rings. The van der Waals surface area contributed by atoms with E-state index < -0.39 is 15.7 Å². The predicted molar refractivity (Wildman–Crippen MR) is 73.8 cm³/mol. The molecule has 0 atom stereocenters. The minimum absolute atomic E-state index is 0.160. The van der Waals surface area contributed by atoms with E-state index in [0.29, 0.717) is 16.9 Å². The van der Waals surface area contributed by atoms with Crippen molar-refractivity contribution in [3.63, 3.8) is 0 Å². The van der Waals surface area contributed by atoms with Crippen molar-refractivity contribution in [2.75, 3.05) is 12.0 Å². The average Bonchev–Trinajstić information content (AvgIpc) is 2.56. The normalized spacial score (nSPS) is 11.8. The number of benzene rings is 1. The van der Waals surface area contributed by atoms with Crippen LogP contribution in [0.5, 0.6) is 0 Å². The third-order valence-corrected chi connectivity index (χ3v) is 4.71. The molecule has 1 aromatic heterocycles. The Bertz CT molecular complexity index is 732. The third kappa shape index (κ3) is 2.50. The SMILES string of the molecule is Cn1ncc(-c2cc(F)c(S(C)(=O)=O)c(Br)c2)c1N. The molecule has 5 nitrogen and oxygen atoms in total. The van der Waals surface area contributed by atoms with Crippen LogP contribution in [-0.2, 0) is 16.9 Å². The monoisotopic (exact) mass is 347 g/mol. The van der Waals surface area contributed by atoms with Crippen LogP contribution < -0.4 is 5.73 Å². The lowest BCUT2D eigenvalue weighted by Crippen LogP contribution is -2.03. The Kier molecular flexibility index (Phi) is 3.40. The van der Waals surface area contributed by atoms with Gasteiger partial charge in [0.1, 0.15) is 16.5 Å². The summed E-state index contributed by atoms with van der Waals surface area (Å²) in [5, 5.41) is 3.96. The molecule has 0 aliphatic carbocycles. The van der Waals surface area contributed by atoms with E-state index in [1.165, 1.54) is 16.9 Å². The van der Waals surface area contributed by atoms with Crippen LogP contribution in [0.15, 0.2) is 27.7 Å². The van der Waals surface area contributed by atoms with Crippen LogP contribution >= 0.6 is 15.9 Å². The van der Waals surface area contributed by atoms with Crippen LogP contribution in [0.25, 0.3) is 11.1 Å². The molecule has 0 radical (unpaired) electrons. The van der Waals surface area contributed by atoms with Gasteiger partial charge in [0.15, 0.2) is 9.84 Å². The molecular formula is C11H11BrFN3O2S. The number of rotatable bonds is 2. The molecule has 19 heavy (non-hydrogen) atoms. The maximum absolute atomic E-state index is 14.0. The molecule has 102 valence electrons. The van der Waals surface area contributed by atoms with Crippen molar-refractivity contribution >= 4 is 31.6 Å². The van der Waals surface area contributed by atoms with E-state index in [9.17, 15) is 12.8 Å². The van der Waals surface area contributed by atoms with E-state index in [2.05, 4.69) is 21.0 Å². The summed E-state index contributed by atoms with van der Waals surface area (Å²) in [4.78, 5) is -0.362. The van der Waals surface area contributed by atoms with E-state index in [-0.39, 0.29) is 9.37 Å². The zero-order chi connectivity index (χ0) is 14.4. The highest BCUT2D eigenvalue weighted by molar-refractivity contribution is 9.10. The molecule has 0 saturated heterocycles. The molecule has 0 bridgehead atoms. The maximum atomic E-state index is 14.0. The highest BCUT2D eigenvalue weighted by atomic mass is 79.9. The van der Waals surface area contributed by atoms with Crippen molar-refractivity contribution in [2.45, 2.75) is 4.90 Å². The van der Waals surface area contributed by atoms with Gasteiger partial charge in [-0.05, 0) is 33.6 Å². The fourth-order valence-electron chi connectivity index (χ4n) is 1.74. The van der Waals surface area contributed by atoms with Crippen molar-refractivity contribution in [3.05, 3.63) is 28.6 Å². The van der Waals surface area contributed by atoms with Crippen LogP contribution in [0.3, 0.4) is 0 Å². The number of halogens is 2. The van der Waals surface area contributed by atoms with Gasteiger partial charge in [-0.25, -0.2) is 12.8 Å². The van der Waals surface area contributed by atoms with E-state index in [1.807, 2.05) is 0 Å². The van der Waals surface area contributed by atoms with Crippen molar-refractivity contribution in [2.24, 2.45) is 7.05 Å². The summed E-state index contributed by atoms with van der Waals surface area (Å²) in [7, 11) is -1.98. The number of nitrogens with two attached hydrogens (primary N) is 1. The van der Waals surface area contributed by atoms with Crippen molar-refractivity contribution < 1.29 is 12.8 Å². The Balaban J connectivity index is 2.68. The maximum Gasteiger partial charge on any atom is 0.179 e. The van der Waals surface area contributed by atoms with Crippen LogP contribution in [0.4, 0.5) is 10.2 Å². The van der Waals surface area contributed by atoms with E-state index in [0.717, 1.165) is 12.3 Å². The lowest BCUT2D eigenvalue weighted by Gasteiger charge is -2.07. The quantitative estimate of drug-likeness (QED) is 0.900. The second-order valence-electron chi connectivity index (χ2n) is 4.11. The highest BCUT2D eigenvalue weighted by Gasteiger charge is 2.20. The number of aryl methyl sites for hydroxylation is 1. The first-order valence-corrected chi connectivity index (χ1v) is 7.87. The Morgan fingerprint density at radius 3 is 2.47 bits per heavy atom. The number of sulfone groups is 1. The van der Waals surface area contributed by atoms with Gasteiger partial charge in [-0.1, -0.05) is 0 Å². The summed E-state index contributed by atoms with van der Waals surface area (Å²) >= 11 is 3.08. The molecule has 2 N–H and O–H groups in total. The number of hydrogen-bond donors (Lipinski definition) is 1. The summed E-state index contributed by atoms with van der Waals surface area (Å²) in [6.45, 7) is 0. The van der Waals surface area contributed by atoms with Crippen molar-refractivity contribution in [1.82, 2.24) is 9.78 Å². The zero-order valence-corrected chi connectivity index (χ0v) is 12.6. The smallest absolute Gasteiger partial charge is 0.179 e. The fourth-order valence-corrected chi connectivity index (χ4v) is 3.88. The Hall–Kier alpha value is -1.41. The van der Waals surface area contributed by atoms with Gasteiger partial charge < -0.3 is 5.73 Å². The Morgan fingerprint density at radius 1 is 1.42 bits per heavy atom. The third-order valence-electron chi connectivity index (χ3n) is 2.66.